The first kappa shape index (κ1) is 18.9. The molecule has 8 nitrogen and oxygen atoms in total. The van der Waals surface area contributed by atoms with Gasteiger partial charge in [-0.25, -0.2) is 4.98 Å². The minimum Gasteiger partial charge on any atom is -0.398 e. The Morgan fingerprint density at radius 1 is 1.11 bits per heavy atom. The maximum atomic E-state index is 6.20. The third-order valence-electron chi connectivity index (χ3n) is 4.39. The fourth-order valence-electron chi connectivity index (χ4n) is 3.08. The summed E-state index contributed by atoms with van der Waals surface area (Å²) in [7, 11) is 0. The Morgan fingerprint density at radius 3 is 2.48 bits per heavy atom. The van der Waals surface area contributed by atoms with E-state index in [1.165, 1.54) is 0 Å². The Balaban J connectivity index is 2.07. The van der Waals surface area contributed by atoms with Crippen LogP contribution < -0.4 is 22.5 Å². The second-order valence-corrected chi connectivity index (χ2v) is 7.33. The molecule has 3 rings (SSSR count). The summed E-state index contributed by atoms with van der Waals surface area (Å²) < 4.78 is 2.09. The van der Waals surface area contributed by atoms with Crippen LogP contribution in [-0.2, 0) is 6.42 Å². The number of nitrogens with one attached hydrogen (secondary N) is 1. The van der Waals surface area contributed by atoms with Crippen molar-refractivity contribution in [3.8, 4) is 0 Å². The van der Waals surface area contributed by atoms with Crippen molar-refractivity contribution in [1.82, 2.24) is 19.5 Å². The maximum absolute atomic E-state index is 6.20. The van der Waals surface area contributed by atoms with Gasteiger partial charge in [0.05, 0.1) is 0 Å². The molecule has 27 heavy (non-hydrogen) atoms. The Bertz CT molecular complexity index is 958. The predicted octanol–water partition coefficient (Wildman–Crippen LogP) is 2.23. The van der Waals surface area contributed by atoms with Crippen molar-refractivity contribution in [2.45, 2.75) is 46.2 Å². The van der Waals surface area contributed by atoms with Crippen molar-refractivity contribution in [2.24, 2.45) is 5.73 Å². The van der Waals surface area contributed by atoms with Gasteiger partial charge in [-0.1, -0.05) is 12.1 Å². The van der Waals surface area contributed by atoms with Crippen LogP contribution in [0.4, 0.5) is 17.5 Å². The first-order valence-electron chi connectivity index (χ1n) is 9.15. The number of aromatic nitrogens is 4. The molecule has 1 atom stereocenters. The lowest BCUT2D eigenvalue weighted by molar-refractivity contribution is 0.587. The van der Waals surface area contributed by atoms with E-state index in [2.05, 4.69) is 39.8 Å². The van der Waals surface area contributed by atoms with E-state index in [1.807, 2.05) is 26.0 Å². The molecule has 1 aromatic carbocycles. The van der Waals surface area contributed by atoms with Gasteiger partial charge >= 0.3 is 0 Å². The molecule has 2 aromatic heterocycles. The summed E-state index contributed by atoms with van der Waals surface area (Å²) in [5.74, 6) is 1.67. The molecule has 0 fully saturated rings. The van der Waals surface area contributed by atoms with Gasteiger partial charge in [0.25, 0.3) is 0 Å². The topological polar surface area (TPSA) is 134 Å². The summed E-state index contributed by atoms with van der Waals surface area (Å²) in [6.07, 6.45) is 0.600. The number of anilines is 3. The fraction of sp³-hybridized carbons (Fsp3) is 0.421. The van der Waals surface area contributed by atoms with Gasteiger partial charge in [0.15, 0.2) is 17.0 Å². The summed E-state index contributed by atoms with van der Waals surface area (Å²) in [6.45, 7) is 8.69. The van der Waals surface area contributed by atoms with Gasteiger partial charge in [0, 0.05) is 30.7 Å². The maximum Gasteiger partial charge on any atom is 0.226 e. The van der Waals surface area contributed by atoms with Crippen LogP contribution >= 0.6 is 0 Å². The van der Waals surface area contributed by atoms with E-state index in [0.29, 0.717) is 35.9 Å². The van der Waals surface area contributed by atoms with Crippen molar-refractivity contribution in [2.75, 3.05) is 23.3 Å². The van der Waals surface area contributed by atoms with E-state index in [4.69, 9.17) is 22.2 Å². The van der Waals surface area contributed by atoms with Gasteiger partial charge in [0.2, 0.25) is 5.95 Å². The molecule has 0 aliphatic rings. The normalized spacial score (nSPS) is 12.7. The van der Waals surface area contributed by atoms with Crippen molar-refractivity contribution in [3.63, 3.8) is 0 Å². The number of nitrogens with zero attached hydrogens (tertiary/aromatic N) is 4. The summed E-state index contributed by atoms with van der Waals surface area (Å²) in [4.78, 5) is 13.7. The molecule has 2 heterocycles. The van der Waals surface area contributed by atoms with E-state index in [1.54, 1.807) is 0 Å². The molecular formula is C19H28N8. The zero-order valence-electron chi connectivity index (χ0n) is 16.3. The predicted molar refractivity (Wildman–Crippen MR) is 111 cm³/mol. The number of hydrogen-bond donors (Lipinski definition) is 4. The molecule has 0 bridgehead atoms. The highest BCUT2D eigenvalue weighted by atomic mass is 15.2. The van der Waals surface area contributed by atoms with E-state index in [9.17, 15) is 0 Å². The minimum absolute atomic E-state index is 0.0133. The van der Waals surface area contributed by atoms with E-state index in [0.717, 1.165) is 22.6 Å². The first-order chi connectivity index (χ1) is 12.8. The quantitative estimate of drug-likeness (QED) is 0.490. The van der Waals surface area contributed by atoms with Crippen molar-refractivity contribution in [3.05, 3.63) is 35.2 Å². The number of aryl methyl sites for hydroxylation is 1. The Labute approximate surface area is 159 Å². The number of benzene rings is 1. The summed E-state index contributed by atoms with van der Waals surface area (Å²) >= 11 is 0. The van der Waals surface area contributed by atoms with Crippen LogP contribution in [0.2, 0.25) is 0 Å². The van der Waals surface area contributed by atoms with Crippen molar-refractivity contribution in [1.29, 1.82) is 0 Å². The largest absolute Gasteiger partial charge is 0.398 e. The molecule has 0 amide bonds. The monoisotopic (exact) mass is 368 g/mol. The number of hydrogen-bond acceptors (Lipinski definition) is 7. The van der Waals surface area contributed by atoms with Gasteiger partial charge in [-0.15, -0.1) is 0 Å². The molecule has 1 unspecified atom stereocenters. The fourth-order valence-corrected chi connectivity index (χ4v) is 3.08. The Kier molecular flexibility index (Phi) is 5.18. The average molecular weight is 368 g/mol. The number of fused-ring (bicyclic) bond motifs is 1. The van der Waals surface area contributed by atoms with Crippen LogP contribution in [0.3, 0.4) is 0 Å². The number of imidazole rings is 1. The van der Waals surface area contributed by atoms with E-state index < -0.39 is 0 Å². The molecule has 8 heteroatoms. The molecule has 0 saturated heterocycles. The highest BCUT2D eigenvalue weighted by Crippen LogP contribution is 2.27. The smallest absolute Gasteiger partial charge is 0.226 e. The summed E-state index contributed by atoms with van der Waals surface area (Å²) in [5, 5.41) is 3.13. The van der Waals surface area contributed by atoms with Crippen LogP contribution in [0.5, 0.6) is 0 Å². The Hall–Kier alpha value is -2.87. The molecule has 3 aromatic rings. The van der Waals surface area contributed by atoms with Crippen LogP contribution in [0, 0.1) is 6.92 Å². The molecule has 0 saturated carbocycles. The first-order valence-corrected chi connectivity index (χ1v) is 9.15. The van der Waals surface area contributed by atoms with Crippen LogP contribution in [-0.4, -0.2) is 32.1 Å². The SMILES string of the molecule is Cc1ccc(Cc2nc3c(N)nc(NCC(C)N)nc3n2C(C)C)c(N)c1. The molecular weight excluding hydrogens is 340 g/mol. The van der Waals surface area contributed by atoms with Crippen LogP contribution in [0.25, 0.3) is 11.2 Å². The molecule has 0 spiro atoms. The van der Waals surface area contributed by atoms with Gasteiger partial charge in [-0.2, -0.15) is 9.97 Å². The Morgan fingerprint density at radius 2 is 1.85 bits per heavy atom. The van der Waals surface area contributed by atoms with Gasteiger partial charge in [0.1, 0.15) is 5.82 Å². The zero-order valence-corrected chi connectivity index (χ0v) is 16.3. The molecule has 0 aliphatic heterocycles. The average Bonchev–Trinajstić information content (AvgIpc) is 2.94. The minimum atomic E-state index is -0.0133. The van der Waals surface area contributed by atoms with Gasteiger partial charge in [-0.05, 0) is 44.9 Å². The lowest BCUT2D eigenvalue weighted by atomic mass is 10.1. The van der Waals surface area contributed by atoms with Gasteiger partial charge in [-0.3, -0.25) is 0 Å². The van der Waals surface area contributed by atoms with E-state index >= 15 is 0 Å². The molecule has 144 valence electrons. The number of nitrogens with two attached hydrogens (primary N) is 3. The second kappa shape index (κ2) is 7.40. The third-order valence-corrected chi connectivity index (χ3v) is 4.39. The zero-order chi connectivity index (χ0) is 19.7. The summed E-state index contributed by atoms with van der Waals surface area (Å²) in [6, 6.07) is 6.22. The van der Waals surface area contributed by atoms with Crippen LogP contribution in [0.1, 0.15) is 43.8 Å². The molecule has 0 aliphatic carbocycles. The highest BCUT2D eigenvalue weighted by molar-refractivity contribution is 5.83. The second-order valence-electron chi connectivity index (χ2n) is 7.33. The van der Waals surface area contributed by atoms with Crippen molar-refractivity contribution < 1.29 is 0 Å². The van der Waals surface area contributed by atoms with E-state index in [-0.39, 0.29) is 12.1 Å². The number of rotatable bonds is 6. The lowest BCUT2D eigenvalue weighted by Gasteiger charge is -2.14. The lowest BCUT2D eigenvalue weighted by Crippen LogP contribution is -2.26. The van der Waals surface area contributed by atoms with Gasteiger partial charge < -0.3 is 27.1 Å². The number of nitrogen functional groups attached to an aromatic ring is 2. The summed E-state index contributed by atoms with van der Waals surface area (Å²) in [5.41, 5.74) is 22.4. The standard InChI is InChI=1S/C19H28N8/c1-10(2)27-15(8-13-6-5-11(3)7-14(13)21)24-16-17(22)25-19(26-18(16)27)23-9-12(4)20/h5-7,10,12H,8-9,20-21H2,1-4H3,(H3,22,23,25,26). The highest BCUT2D eigenvalue weighted by Gasteiger charge is 2.19. The molecule has 7 N–H and O–H groups in total. The van der Waals surface area contributed by atoms with Crippen LogP contribution in [0.15, 0.2) is 18.2 Å². The molecule has 0 radical (unpaired) electrons. The van der Waals surface area contributed by atoms with Crippen molar-refractivity contribution >= 4 is 28.6 Å². The third kappa shape index (κ3) is 3.95.